The van der Waals surface area contributed by atoms with Gasteiger partial charge in [-0.05, 0) is 41.6 Å². The van der Waals surface area contributed by atoms with Crippen LogP contribution in [-0.4, -0.2) is 33.3 Å². The Morgan fingerprint density at radius 3 is 2.31 bits per heavy atom. The van der Waals surface area contributed by atoms with Crippen molar-refractivity contribution in [1.29, 1.82) is 0 Å². The number of halogens is 1. The molecule has 2 bridgehead atoms. The average Bonchev–Trinajstić information content (AvgIpc) is 2.54. The van der Waals surface area contributed by atoms with E-state index in [0.717, 1.165) is 36.1 Å². The van der Waals surface area contributed by atoms with Crippen LogP contribution in [0.4, 0.5) is 5.95 Å². The molecule has 4 nitrogen and oxygen atoms in total. The largest absolute Gasteiger partial charge is 0.393 e. The highest BCUT2D eigenvalue weighted by molar-refractivity contribution is 9.10. The summed E-state index contributed by atoms with van der Waals surface area (Å²) in [6.07, 6.45) is 7.46. The molecule has 0 spiro atoms. The van der Waals surface area contributed by atoms with Gasteiger partial charge in [0.25, 0.3) is 0 Å². The van der Waals surface area contributed by atoms with E-state index < -0.39 is 0 Å². The molecule has 2 aliphatic heterocycles. The Bertz CT molecular complexity index is 369. The van der Waals surface area contributed by atoms with Crippen LogP contribution in [0.3, 0.4) is 0 Å². The Hall–Kier alpha value is -0.680. The fourth-order valence-corrected chi connectivity index (χ4v) is 3.12. The summed E-state index contributed by atoms with van der Waals surface area (Å²) < 4.78 is 0.903. The molecule has 1 aromatic rings. The van der Waals surface area contributed by atoms with Gasteiger partial charge in [0.1, 0.15) is 0 Å². The average molecular weight is 284 g/mol. The zero-order chi connectivity index (χ0) is 11.1. The van der Waals surface area contributed by atoms with Crippen molar-refractivity contribution in [2.24, 2.45) is 0 Å². The van der Waals surface area contributed by atoms with Crippen molar-refractivity contribution >= 4 is 21.9 Å². The molecular weight excluding hydrogens is 270 g/mol. The minimum atomic E-state index is -0.135. The van der Waals surface area contributed by atoms with Crippen LogP contribution >= 0.6 is 15.9 Å². The monoisotopic (exact) mass is 283 g/mol. The molecule has 2 saturated heterocycles. The van der Waals surface area contributed by atoms with Gasteiger partial charge in [-0.2, -0.15) is 0 Å². The molecule has 2 aliphatic rings. The normalized spacial score (nSPS) is 33.1. The number of aromatic nitrogens is 2. The van der Waals surface area contributed by atoms with Crippen LogP contribution in [0.5, 0.6) is 0 Å². The summed E-state index contributed by atoms with van der Waals surface area (Å²) in [6.45, 7) is 0. The summed E-state index contributed by atoms with van der Waals surface area (Å²) in [7, 11) is 0. The number of aliphatic hydroxyl groups excluding tert-OH is 1. The molecule has 16 heavy (non-hydrogen) atoms. The molecule has 0 aromatic carbocycles. The summed E-state index contributed by atoms with van der Waals surface area (Å²) in [6, 6.07) is 0.852. The first-order valence-corrected chi connectivity index (χ1v) is 6.47. The highest BCUT2D eigenvalue weighted by atomic mass is 79.9. The summed E-state index contributed by atoms with van der Waals surface area (Å²) in [5.74, 6) is 0.808. The highest BCUT2D eigenvalue weighted by Crippen LogP contribution is 2.37. The standard InChI is InChI=1S/C11H14BrN3O/c12-7-5-13-11(14-6-7)15-8-1-2-9(15)4-10(16)3-8/h5-6,8-10,16H,1-4H2. The molecule has 2 atom stereocenters. The lowest BCUT2D eigenvalue weighted by Gasteiger charge is -2.37. The minimum absolute atomic E-state index is 0.135. The number of aliphatic hydroxyl groups is 1. The predicted molar refractivity (Wildman–Crippen MR) is 64.3 cm³/mol. The number of hydrogen-bond acceptors (Lipinski definition) is 4. The zero-order valence-corrected chi connectivity index (χ0v) is 10.5. The van der Waals surface area contributed by atoms with Crippen LogP contribution in [0.15, 0.2) is 16.9 Å². The molecular formula is C11H14BrN3O. The van der Waals surface area contributed by atoms with E-state index in [2.05, 4.69) is 30.8 Å². The molecule has 0 radical (unpaired) electrons. The third kappa shape index (κ3) is 1.72. The first kappa shape index (κ1) is 10.5. The Kier molecular flexibility index (Phi) is 2.59. The molecule has 86 valence electrons. The van der Waals surface area contributed by atoms with Crippen LogP contribution < -0.4 is 4.90 Å². The lowest BCUT2D eigenvalue weighted by Crippen LogP contribution is -2.45. The second-order valence-electron chi connectivity index (χ2n) is 4.62. The van der Waals surface area contributed by atoms with E-state index in [1.54, 1.807) is 12.4 Å². The van der Waals surface area contributed by atoms with E-state index in [9.17, 15) is 5.11 Å². The quantitative estimate of drug-likeness (QED) is 0.853. The van der Waals surface area contributed by atoms with Crippen molar-refractivity contribution in [1.82, 2.24) is 9.97 Å². The Labute approximate surface area is 103 Å². The summed E-state index contributed by atoms with van der Waals surface area (Å²) in [5.41, 5.74) is 0. The first-order valence-electron chi connectivity index (χ1n) is 5.68. The van der Waals surface area contributed by atoms with Crippen molar-refractivity contribution in [3.63, 3.8) is 0 Å². The van der Waals surface area contributed by atoms with Gasteiger partial charge in [0.15, 0.2) is 0 Å². The summed E-state index contributed by atoms with van der Waals surface area (Å²) in [5, 5.41) is 9.72. The number of hydrogen-bond donors (Lipinski definition) is 1. The van der Waals surface area contributed by atoms with E-state index in [0.29, 0.717) is 12.1 Å². The van der Waals surface area contributed by atoms with Crippen molar-refractivity contribution < 1.29 is 5.11 Å². The maximum atomic E-state index is 9.72. The Morgan fingerprint density at radius 1 is 1.19 bits per heavy atom. The van der Waals surface area contributed by atoms with Gasteiger partial charge in [0, 0.05) is 24.5 Å². The molecule has 1 aromatic heterocycles. The number of nitrogens with zero attached hydrogens (tertiary/aromatic N) is 3. The second kappa shape index (κ2) is 3.96. The van der Waals surface area contributed by atoms with Crippen LogP contribution in [0, 0.1) is 0 Å². The third-order valence-corrected chi connectivity index (χ3v) is 3.96. The van der Waals surface area contributed by atoms with Gasteiger partial charge in [-0.25, -0.2) is 9.97 Å². The second-order valence-corrected chi connectivity index (χ2v) is 5.53. The molecule has 0 amide bonds. The van der Waals surface area contributed by atoms with E-state index in [4.69, 9.17) is 0 Å². The van der Waals surface area contributed by atoms with Crippen LogP contribution in [0.1, 0.15) is 25.7 Å². The van der Waals surface area contributed by atoms with Gasteiger partial charge in [-0.3, -0.25) is 0 Å². The van der Waals surface area contributed by atoms with Crippen LogP contribution in [0.25, 0.3) is 0 Å². The van der Waals surface area contributed by atoms with Crippen molar-refractivity contribution in [2.75, 3.05) is 4.90 Å². The number of anilines is 1. The van der Waals surface area contributed by atoms with Crippen LogP contribution in [-0.2, 0) is 0 Å². The zero-order valence-electron chi connectivity index (χ0n) is 8.88. The SMILES string of the molecule is OC1CC2CCC(C1)N2c1ncc(Br)cn1. The fourth-order valence-electron chi connectivity index (χ4n) is 2.91. The van der Waals surface area contributed by atoms with Crippen molar-refractivity contribution in [3.05, 3.63) is 16.9 Å². The number of fused-ring (bicyclic) bond motifs is 2. The first-order chi connectivity index (χ1) is 7.74. The Morgan fingerprint density at radius 2 is 1.75 bits per heavy atom. The molecule has 1 N–H and O–H groups in total. The number of piperidine rings is 1. The van der Waals surface area contributed by atoms with Gasteiger partial charge >= 0.3 is 0 Å². The van der Waals surface area contributed by atoms with Crippen LogP contribution in [0.2, 0.25) is 0 Å². The van der Waals surface area contributed by atoms with Gasteiger partial charge in [0.2, 0.25) is 5.95 Å². The maximum Gasteiger partial charge on any atom is 0.225 e. The van der Waals surface area contributed by atoms with Crippen molar-refractivity contribution in [3.8, 4) is 0 Å². The Balaban J connectivity index is 1.88. The highest BCUT2D eigenvalue weighted by Gasteiger charge is 2.41. The van der Waals surface area contributed by atoms with Crippen molar-refractivity contribution in [2.45, 2.75) is 43.9 Å². The molecule has 0 aliphatic carbocycles. The van der Waals surface area contributed by atoms with Gasteiger partial charge in [-0.15, -0.1) is 0 Å². The molecule has 2 fully saturated rings. The molecule has 5 heteroatoms. The van der Waals surface area contributed by atoms with Gasteiger partial charge < -0.3 is 10.0 Å². The minimum Gasteiger partial charge on any atom is -0.393 e. The van der Waals surface area contributed by atoms with E-state index in [1.165, 1.54) is 0 Å². The molecule has 2 unspecified atom stereocenters. The predicted octanol–water partition coefficient (Wildman–Crippen LogP) is 1.73. The lowest BCUT2D eigenvalue weighted by molar-refractivity contribution is 0.125. The summed E-state index contributed by atoms with van der Waals surface area (Å²) >= 11 is 3.34. The molecule has 3 heterocycles. The maximum absolute atomic E-state index is 9.72. The topological polar surface area (TPSA) is 49.2 Å². The smallest absolute Gasteiger partial charge is 0.225 e. The van der Waals surface area contributed by atoms with E-state index in [1.807, 2.05) is 0 Å². The molecule has 0 saturated carbocycles. The molecule has 3 rings (SSSR count). The lowest BCUT2D eigenvalue weighted by atomic mass is 10.0. The van der Waals surface area contributed by atoms with E-state index >= 15 is 0 Å². The summed E-state index contributed by atoms with van der Waals surface area (Å²) in [4.78, 5) is 11.0. The van der Waals surface area contributed by atoms with Gasteiger partial charge in [-0.1, -0.05) is 0 Å². The third-order valence-electron chi connectivity index (χ3n) is 3.55. The number of rotatable bonds is 1. The fraction of sp³-hybridized carbons (Fsp3) is 0.636. The van der Waals surface area contributed by atoms with E-state index in [-0.39, 0.29) is 6.10 Å². The van der Waals surface area contributed by atoms with Gasteiger partial charge in [0.05, 0.1) is 10.6 Å².